The highest BCUT2D eigenvalue weighted by atomic mass is 15.2. The minimum atomic E-state index is 0.255. The first-order chi connectivity index (χ1) is 9.40. The summed E-state index contributed by atoms with van der Waals surface area (Å²) in [6, 6.07) is 0.457. The van der Waals surface area contributed by atoms with Crippen LogP contribution in [0.15, 0.2) is 49.0 Å². The van der Waals surface area contributed by atoms with Gasteiger partial charge in [0.15, 0.2) is 0 Å². The minimum absolute atomic E-state index is 0.255. The molecule has 1 aromatic rings. The molecule has 20 heavy (non-hydrogen) atoms. The molecule has 0 aliphatic carbocycles. The molecule has 1 aliphatic heterocycles. The molecule has 2 rings (SSSR count). The lowest BCUT2D eigenvalue weighted by atomic mass is 9.75. The molecule has 0 aromatic carbocycles. The Hall–Kier alpha value is -1.70. The van der Waals surface area contributed by atoms with Crippen LogP contribution in [0.5, 0.6) is 0 Å². The zero-order chi connectivity index (χ0) is 14.9. The summed E-state index contributed by atoms with van der Waals surface area (Å²) in [5.41, 5.74) is 4.26. The summed E-state index contributed by atoms with van der Waals surface area (Å²) in [6.07, 6.45) is 13.8. The summed E-state index contributed by atoms with van der Waals surface area (Å²) in [5.74, 6) is 0. The maximum Gasteiger partial charge on any atom is 0.0625 e. The second kappa shape index (κ2) is 5.35. The summed E-state index contributed by atoms with van der Waals surface area (Å²) in [6.45, 7) is 12.9. The van der Waals surface area contributed by atoms with Crippen LogP contribution in [0.4, 0.5) is 5.69 Å². The number of rotatable bonds is 3. The second-order valence-corrected chi connectivity index (χ2v) is 6.35. The number of anilines is 1. The third-order valence-electron chi connectivity index (χ3n) is 4.42. The number of allylic oxidation sites excluding steroid dienone is 4. The summed E-state index contributed by atoms with van der Waals surface area (Å²) in [5, 5.41) is 0. The molecule has 0 saturated carbocycles. The maximum atomic E-state index is 3.77. The van der Waals surface area contributed by atoms with Gasteiger partial charge >= 0.3 is 0 Å². The highest BCUT2D eigenvalue weighted by molar-refractivity contribution is 5.63. The van der Waals surface area contributed by atoms with Gasteiger partial charge in [-0.3, -0.25) is 0 Å². The van der Waals surface area contributed by atoms with Crippen molar-refractivity contribution in [3.8, 4) is 0 Å². The molecule has 2 heteroatoms. The van der Waals surface area contributed by atoms with Gasteiger partial charge in [0.1, 0.15) is 0 Å². The summed E-state index contributed by atoms with van der Waals surface area (Å²) in [7, 11) is 2.10. The minimum Gasteiger partial charge on any atom is -0.355 e. The second-order valence-electron chi connectivity index (χ2n) is 6.35. The molecule has 0 fully saturated rings. The van der Waals surface area contributed by atoms with Crippen LogP contribution in [0.25, 0.3) is 0 Å². The Bertz CT molecular complexity index is 558. The Kier molecular flexibility index (Phi) is 3.94. The monoisotopic (exact) mass is 270 g/mol. The van der Waals surface area contributed by atoms with Gasteiger partial charge in [-0.25, -0.2) is 0 Å². The number of hydrogen-bond acceptors (Lipinski definition) is 1. The molecule has 1 aliphatic rings. The Labute approximate surface area is 123 Å². The molecule has 0 spiro atoms. The third kappa shape index (κ3) is 2.47. The molecule has 2 heterocycles. The van der Waals surface area contributed by atoms with Crippen LogP contribution < -0.4 is 4.90 Å². The zero-order valence-corrected chi connectivity index (χ0v) is 13.4. The zero-order valence-electron chi connectivity index (χ0n) is 13.4. The average Bonchev–Trinajstić information content (AvgIpc) is 2.73. The normalized spacial score (nSPS) is 22.1. The van der Waals surface area contributed by atoms with E-state index in [0.717, 1.165) is 6.42 Å². The standard InChI is InChI=1S/C18H26N2/c1-7-9-10-16(8-2)20-14(3)18(4,5)11-15-12-19(6)13-17(15)20/h7-10,12-14H,1,11H2,2-6H3/b10-9-,16-8+. The molecule has 0 radical (unpaired) electrons. The smallest absolute Gasteiger partial charge is 0.0625 e. The average molecular weight is 270 g/mol. The number of hydrogen-bond donors (Lipinski definition) is 0. The van der Waals surface area contributed by atoms with Crippen molar-refractivity contribution in [2.24, 2.45) is 12.5 Å². The van der Waals surface area contributed by atoms with E-state index in [1.54, 1.807) is 0 Å². The Balaban J connectivity index is 2.53. The largest absolute Gasteiger partial charge is 0.355 e. The number of fused-ring (bicyclic) bond motifs is 1. The van der Waals surface area contributed by atoms with Gasteiger partial charge in [-0.15, -0.1) is 0 Å². The van der Waals surface area contributed by atoms with Gasteiger partial charge in [0, 0.05) is 31.2 Å². The lowest BCUT2D eigenvalue weighted by molar-refractivity contribution is 0.281. The summed E-state index contributed by atoms with van der Waals surface area (Å²) < 4.78 is 2.16. The Morgan fingerprint density at radius 3 is 2.70 bits per heavy atom. The van der Waals surface area contributed by atoms with Crippen molar-refractivity contribution in [2.45, 2.75) is 40.2 Å². The molecule has 2 nitrogen and oxygen atoms in total. The van der Waals surface area contributed by atoms with Crippen LogP contribution in [0, 0.1) is 5.41 Å². The molecule has 108 valence electrons. The molecule has 0 amide bonds. The summed E-state index contributed by atoms with van der Waals surface area (Å²) >= 11 is 0. The fourth-order valence-corrected chi connectivity index (χ4v) is 3.02. The molecular formula is C18H26N2. The van der Waals surface area contributed by atoms with Gasteiger partial charge in [0.05, 0.1) is 5.69 Å². The van der Waals surface area contributed by atoms with Gasteiger partial charge in [-0.1, -0.05) is 38.7 Å². The van der Waals surface area contributed by atoms with Gasteiger partial charge < -0.3 is 9.47 Å². The SMILES string of the molecule is C=C/C=C\C(=C/C)N1c2cn(C)cc2CC(C)(C)C1C. The van der Waals surface area contributed by atoms with Gasteiger partial charge in [0.2, 0.25) is 0 Å². The van der Waals surface area contributed by atoms with Crippen molar-refractivity contribution < 1.29 is 0 Å². The van der Waals surface area contributed by atoms with E-state index in [-0.39, 0.29) is 5.41 Å². The molecule has 0 N–H and O–H groups in total. The fourth-order valence-electron chi connectivity index (χ4n) is 3.02. The topological polar surface area (TPSA) is 8.17 Å². The van der Waals surface area contributed by atoms with Crippen LogP contribution in [0.3, 0.4) is 0 Å². The first-order valence-corrected chi connectivity index (χ1v) is 7.30. The highest BCUT2D eigenvalue weighted by Gasteiger charge is 2.38. The van der Waals surface area contributed by atoms with Gasteiger partial charge in [-0.2, -0.15) is 0 Å². The molecule has 0 bridgehead atoms. The predicted molar refractivity (Wildman–Crippen MR) is 87.9 cm³/mol. The van der Waals surface area contributed by atoms with Crippen molar-refractivity contribution in [2.75, 3.05) is 4.90 Å². The lowest BCUT2D eigenvalue weighted by Crippen LogP contribution is -2.47. The third-order valence-corrected chi connectivity index (χ3v) is 4.42. The van der Waals surface area contributed by atoms with E-state index in [1.807, 2.05) is 12.2 Å². The fraction of sp³-hybridized carbons (Fsp3) is 0.444. The van der Waals surface area contributed by atoms with Crippen LogP contribution >= 0.6 is 0 Å². The van der Waals surface area contributed by atoms with Crippen molar-refractivity contribution in [3.63, 3.8) is 0 Å². The molecule has 0 saturated heterocycles. The van der Waals surface area contributed by atoms with Crippen molar-refractivity contribution >= 4 is 5.69 Å². The van der Waals surface area contributed by atoms with Gasteiger partial charge in [0.25, 0.3) is 0 Å². The number of aryl methyl sites for hydroxylation is 1. The summed E-state index contributed by atoms with van der Waals surface area (Å²) in [4.78, 5) is 2.46. The molecule has 1 aromatic heterocycles. The molecule has 1 atom stereocenters. The van der Waals surface area contributed by atoms with E-state index in [9.17, 15) is 0 Å². The van der Waals surface area contributed by atoms with E-state index in [0.29, 0.717) is 6.04 Å². The first-order valence-electron chi connectivity index (χ1n) is 7.30. The Morgan fingerprint density at radius 2 is 2.10 bits per heavy atom. The van der Waals surface area contributed by atoms with E-state index >= 15 is 0 Å². The van der Waals surface area contributed by atoms with Crippen LogP contribution in [-0.4, -0.2) is 10.6 Å². The van der Waals surface area contributed by atoms with Crippen LogP contribution in [0.1, 0.15) is 33.3 Å². The van der Waals surface area contributed by atoms with E-state index < -0.39 is 0 Å². The van der Waals surface area contributed by atoms with E-state index in [2.05, 4.69) is 75.3 Å². The van der Waals surface area contributed by atoms with Crippen molar-refractivity contribution in [1.29, 1.82) is 0 Å². The van der Waals surface area contributed by atoms with Gasteiger partial charge in [-0.05, 0) is 37.3 Å². The maximum absolute atomic E-state index is 3.77. The first kappa shape index (κ1) is 14.7. The Morgan fingerprint density at radius 1 is 1.40 bits per heavy atom. The predicted octanol–water partition coefficient (Wildman–Crippen LogP) is 4.45. The molecule has 1 unspecified atom stereocenters. The van der Waals surface area contributed by atoms with Crippen LogP contribution in [0.2, 0.25) is 0 Å². The van der Waals surface area contributed by atoms with Crippen LogP contribution in [-0.2, 0) is 13.5 Å². The van der Waals surface area contributed by atoms with E-state index in [1.165, 1.54) is 16.9 Å². The lowest BCUT2D eigenvalue weighted by Gasteiger charge is -2.46. The quantitative estimate of drug-likeness (QED) is 0.737. The highest BCUT2D eigenvalue weighted by Crippen LogP contribution is 2.43. The number of aromatic nitrogens is 1. The number of nitrogens with zero attached hydrogens (tertiary/aromatic N) is 2. The van der Waals surface area contributed by atoms with Crippen molar-refractivity contribution in [1.82, 2.24) is 4.57 Å². The van der Waals surface area contributed by atoms with Crippen molar-refractivity contribution in [3.05, 3.63) is 54.5 Å². The van der Waals surface area contributed by atoms with E-state index in [4.69, 9.17) is 0 Å². The molecular weight excluding hydrogens is 244 g/mol.